The first-order valence-corrected chi connectivity index (χ1v) is 8.28. The van der Waals surface area contributed by atoms with Crippen molar-refractivity contribution >= 4 is 50.7 Å². The summed E-state index contributed by atoms with van der Waals surface area (Å²) in [5, 5.41) is 4.72. The van der Waals surface area contributed by atoms with Crippen LogP contribution < -0.4 is 5.32 Å². The Bertz CT molecular complexity index is 799. The molecule has 0 aliphatic carbocycles. The molecule has 1 N–H and O–H groups in total. The van der Waals surface area contributed by atoms with Crippen LogP contribution in [0.5, 0.6) is 0 Å². The van der Waals surface area contributed by atoms with Crippen LogP contribution in [0.2, 0.25) is 10.0 Å². The maximum Gasteiger partial charge on any atom is 0.252 e. The minimum Gasteiger partial charge on any atom is -0.352 e. The summed E-state index contributed by atoms with van der Waals surface area (Å²) >= 11 is 13.5. The number of carbonyl (C=O) groups is 1. The standard InChI is InChI=1S/C16H12Cl2N2OS/c17-10-5-6-12(18)11(9-10)16(21)19-8-7-15-20-13-3-1-2-4-14(13)22-15/h1-6,9H,7-8H2,(H,19,21). The van der Waals surface area contributed by atoms with E-state index in [1.807, 2.05) is 24.3 Å². The molecule has 2 aromatic carbocycles. The molecule has 0 spiro atoms. The summed E-state index contributed by atoms with van der Waals surface area (Å²) in [6, 6.07) is 12.8. The molecule has 22 heavy (non-hydrogen) atoms. The molecule has 6 heteroatoms. The molecule has 0 radical (unpaired) electrons. The Hall–Kier alpha value is -1.62. The van der Waals surface area contributed by atoms with Crippen molar-refractivity contribution in [2.75, 3.05) is 6.54 Å². The van der Waals surface area contributed by atoms with Crippen LogP contribution in [0.1, 0.15) is 15.4 Å². The van der Waals surface area contributed by atoms with Gasteiger partial charge in [-0.25, -0.2) is 4.98 Å². The van der Waals surface area contributed by atoms with E-state index >= 15 is 0 Å². The Morgan fingerprint density at radius 2 is 2.00 bits per heavy atom. The Kier molecular flexibility index (Phi) is 4.62. The molecule has 0 atom stereocenters. The summed E-state index contributed by atoms with van der Waals surface area (Å²) in [6.07, 6.45) is 0.684. The van der Waals surface area contributed by atoms with Gasteiger partial charge in [-0.15, -0.1) is 11.3 Å². The second kappa shape index (κ2) is 6.65. The van der Waals surface area contributed by atoms with E-state index in [1.165, 1.54) is 0 Å². The highest BCUT2D eigenvalue weighted by atomic mass is 35.5. The van der Waals surface area contributed by atoms with E-state index in [4.69, 9.17) is 23.2 Å². The third-order valence-corrected chi connectivity index (χ3v) is 4.80. The zero-order valence-corrected chi connectivity index (χ0v) is 13.8. The molecule has 1 aromatic heterocycles. The molecule has 0 aliphatic heterocycles. The summed E-state index contributed by atoms with van der Waals surface area (Å²) < 4.78 is 1.15. The van der Waals surface area contributed by atoms with Crippen LogP contribution in [0.3, 0.4) is 0 Å². The van der Waals surface area contributed by atoms with Crippen LogP contribution in [0.4, 0.5) is 0 Å². The number of para-hydroxylation sites is 1. The highest BCUT2D eigenvalue weighted by molar-refractivity contribution is 7.18. The predicted octanol–water partition coefficient (Wildman–Crippen LogP) is 4.58. The molecule has 3 nitrogen and oxygen atoms in total. The fraction of sp³-hybridized carbons (Fsp3) is 0.125. The number of halogens is 2. The van der Waals surface area contributed by atoms with Gasteiger partial charge in [0, 0.05) is 18.0 Å². The van der Waals surface area contributed by atoms with Crippen molar-refractivity contribution in [1.82, 2.24) is 10.3 Å². The lowest BCUT2D eigenvalue weighted by Gasteiger charge is -2.06. The lowest BCUT2D eigenvalue weighted by molar-refractivity contribution is 0.0954. The number of thiazole rings is 1. The molecule has 0 bridgehead atoms. The monoisotopic (exact) mass is 350 g/mol. The maximum absolute atomic E-state index is 12.1. The number of aromatic nitrogens is 1. The zero-order valence-electron chi connectivity index (χ0n) is 11.5. The number of nitrogens with zero attached hydrogens (tertiary/aromatic N) is 1. The van der Waals surface area contributed by atoms with Gasteiger partial charge in [-0.3, -0.25) is 4.79 Å². The van der Waals surface area contributed by atoms with Crippen LogP contribution in [0.15, 0.2) is 42.5 Å². The van der Waals surface area contributed by atoms with Gasteiger partial charge in [0.1, 0.15) is 0 Å². The first-order chi connectivity index (χ1) is 10.6. The number of rotatable bonds is 4. The summed E-state index contributed by atoms with van der Waals surface area (Å²) in [6.45, 7) is 0.501. The number of carbonyl (C=O) groups excluding carboxylic acids is 1. The number of hydrogen-bond acceptors (Lipinski definition) is 3. The largest absolute Gasteiger partial charge is 0.352 e. The van der Waals surface area contributed by atoms with Crippen molar-refractivity contribution in [2.24, 2.45) is 0 Å². The van der Waals surface area contributed by atoms with E-state index in [2.05, 4.69) is 10.3 Å². The first-order valence-electron chi connectivity index (χ1n) is 6.71. The molecule has 1 amide bonds. The average Bonchev–Trinajstić information content (AvgIpc) is 2.92. The molecule has 1 heterocycles. The SMILES string of the molecule is O=C(NCCc1nc2ccccc2s1)c1cc(Cl)ccc1Cl. The van der Waals surface area contributed by atoms with Gasteiger partial charge in [0.15, 0.2) is 0 Å². The minimum atomic E-state index is -0.228. The minimum absolute atomic E-state index is 0.228. The van der Waals surface area contributed by atoms with Crippen molar-refractivity contribution in [2.45, 2.75) is 6.42 Å². The van der Waals surface area contributed by atoms with Crippen molar-refractivity contribution in [1.29, 1.82) is 0 Å². The van der Waals surface area contributed by atoms with E-state index in [0.717, 1.165) is 15.2 Å². The lowest BCUT2D eigenvalue weighted by Crippen LogP contribution is -2.25. The molecule has 0 fully saturated rings. The Morgan fingerprint density at radius 3 is 2.82 bits per heavy atom. The Labute approximate surface area is 141 Å². The second-order valence-electron chi connectivity index (χ2n) is 4.71. The number of hydrogen-bond donors (Lipinski definition) is 1. The number of amides is 1. The first kappa shape index (κ1) is 15.3. The highest BCUT2D eigenvalue weighted by Crippen LogP contribution is 2.22. The fourth-order valence-corrected chi connectivity index (χ4v) is 3.42. The topological polar surface area (TPSA) is 42.0 Å². The van der Waals surface area contributed by atoms with Gasteiger partial charge >= 0.3 is 0 Å². The van der Waals surface area contributed by atoms with E-state index < -0.39 is 0 Å². The van der Waals surface area contributed by atoms with Gasteiger partial charge in [-0.1, -0.05) is 35.3 Å². The quantitative estimate of drug-likeness (QED) is 0.748. The van der Waals surface area contributed by atoms with Crippen LogP contribution >= 0.6 is 34.5 Å². The molecule has 3 rings (SSSR count). The third-order valence-electron chi connectivity index (χ3n) is 3.14. The van der Waals surface area contributed by atoms with Gasteiger partial charge in [-0.05, 0) is 30.3 Å². The zero-order chi connectivity index (χ0) is 15.5. The summed E-state index contributed by atoms with van der Waals surface area (Å²) in [5.74, 6) is -0.228. The number of nitrogens with one attached hydrogen (secondary N) is 1. The smallest absolute Gasteiger partial charge is 0.252 e. The van der Waals surface area contributed by atoms with E-state index in [-0.39, 0.29) is 5.91 Å². The van der Waals surface area contributed by atoms with Crippen LogP contribution in [-0.2, 0) is 6.42 Å². The second-order valence-corrected chi connectivity index (χ2v) is 6.66. The molecule has 0 saturated heterocycles. The van der Waals surface area contributed by atoms with E-state index in [9.17, 15) is 4.79 Å². The summed E-state index contributed by atoms with van der Waals surface area (Å²) in [4.78, 5) is 16.6. The van der Waals surface area contributed by atoms with Gasteiger partial charge in [0.2, 0.25) is 0 Å². The van der Waals surface area contributed by atoms with Gasteiger partial charge in [0.25, 0.3) is 5.91 Å². The average molecular weight is 351 g/mol. The molecular weight excluding hydrogens is 339 g/mol. The molecule has 3 aromatic rings. The summed E-state index contributed by atoms with van der Waals surface area (Å²) in [7, 11) is 0. The third kappa shape index (κ3) is 3.40. The maximum atomic E-state index is 12.1. The van der Waals surface area contributed by atoms with E-state index in [0.29, 0.717) is 28.6 Å². The number of benzene rings is 2. The van der Waals surface area contributed by atoms with Crippen molar-refractivity contribution in [3.8, 4) is 0 Å². The molecule has 112 valence electrons. The van der Waals surface area contributed by atoms with Crippen molar-refractivity contribution in [3.05, 3.63) is 63.1 Å². The van der Waals surface area contributed by atoms with Gasteiger partial charge in [0.05, 0.1) is 25.8 Å². The van der Waals surface area contributed by atoms with Crippen molar-refractivity contribution < 1.29 is 4.79 Å². The van der Waals surface area contributed by atoms with Crippen LogP contribution in [0, 0.1) is 0 Å². The normalized spacial score (nSPS) is 10.8. The summed E-state index contributed by atoms with van der Waals surface area (Å²) in [5.41, 5.74) is 1.38. The van der Waals surface area contributed by atoms with E-state index in [1.54, 1.807) is 29.5 Å². The Balaban J connectivity index is 1.62. The fourth-order valence-electron chi connectivity index (χ4n) is 2.08. The van der Waals surface area contributed by atoms with Gasteiger partial charge in [-0.2, -0.15) is 0 Å². The van der Waals surface area contributed by atoms with Gasteiger partial charge < -0.3 is 5.32 Å². The lowest BCUT2D eigenvalue weighted by atomic mass is 10.2. The predicted molar refractivity (Wildman–Crippen MR) is 92.1 cm³/mol. The molecular formula is C16H12Cl2N2OS. The molecule has 0 saturated carbocycles. The number of fused-ring (bicyclic) bond motifs is 1. The molecule has 0 aliphatic rings. The van der Waals surface area contributed by atoms with Crippen molar-refractivity contribution in [3.63, 3.8) is 0 Å². The Morgan fingerprint density at radius 1 is 1.18 bits per heavy atom. The van der Waals surface area contributed by atoms with Crippen LogP contribution in [-0.4, -0.2) is 17.4 Å². The highest BCUT2D eigenvalue weighted by Gasteiger charge is 2.11. The van der Waals surface area contributed by atoms with Crippen LogP contribution in [0.25, 0.3) is 10.2 Å². The molecule has 0 unspecified atom stereocenters.